The Balaban J connectivity index is 1.91. The highest BCUT2D eigenvalue weighted by Gasteiger charge is 2.41. The molecule has 3 aromatic carbocycles. The first-order chi connectivity index (χ1) is 21.2. The molecule has 4 rings (SSSR count). The van der Waals surface area contributed by atoms with Crippen molar-refractivity contribution in [2.24, 2.45) is 0 Å². The van der Waals surface area contributed by atoms with Gasteiger partial charge >= 0.3 is 18.3 Å². The number of carboxylic acid groups (broad SMARTS) is 1. The molecule has 0 unspecified atom stereocenters. The Morgan fingerprint density at radius 2 is 1.26 bits per heavy atom. The van der Waals surface area contributed by atoms with E-state index in [0.717, 1.165) is 36.4 Å². The molecule has 10 nitrogen and oxygen atoms in total. The van der Waals surface area contributed by atoms with E-state index in [9.17, 15) is 57.9 Å². The third-order valence-electron chi connectivity index (χ3n) is 6.22. The van der Waals surface area contributed by atoms with Crippen LogP contribution in [-0.2, 0) is 24.8 Å². The van der Waals surface area contributed by atoms with Gasteiger partial charge in [0.25, 0.3) is 25.8 Å². The molecule has 0 atom stereocenters. The van der Waals surface area contributed by atoms with Crippen LogP contribution in [0.5, 0.6) is 0 Å². The van der Waals surface area contributed by atoms with E-state index in [2.05, 4.69) is 4.98 Å². The van der Waals surface area contributed by atoms with Crippen molar-refractivity contribution in [3.63, 3.8) is 0 Å². The number of alkyl halides is 6. The Labute approximate surface area is 261 Å². The van der Waals surface area contributed by atoms with Crippen LogP contribution < -0.4 is 8.61 Å². The zero-order valence-electron chi connectivity index (χ0n) is 22.6. The molecule has 0 saturated carbocycles. The fourth-order valence-corrected chi connectivity index (χ4v) is 7.19. The van der Waals surface area contributed by atoms with Gasteiger partial charge in [-0.2, -0.15) is 26.3 Å². The number of anilines is 2. The summed E-state index contributed by atoms with van der Waals surface area (Å²) in [6.45, 7) is -3.36. The maximum absolute atomic E-state index is 13.8. The maximum Gasteiger partial charge on any atom is 0.454 e. The van der Waals surface area contributed by atoms with Crippen LogP contribution in [0.25, 0.3) is 10.8 Å². The van der Waals surface area contributed by atoms with Gasteiger partial charge in [-0.1, -0.05) is 35.9 Å². The van der Waals surface area contributed by atoms with Crippen molar-refractivity contribution in [1.29, 1.82) is 0 Å². The number of sulfonamides is 2. The van der Waals surface area contributed by atoms with Gasteiger partial charge in [-0.3, -0.25) is 13.9 Å². The molecule has 1 heterocycles. The quantitative estimate of drug-likeness (QED) is 0.164. The molecule has 0 radical (unpaired) electrons. The number of halogens is 7. The summed E-state index contributed by atoms with van der Waals surface area (Å²) in [4.78, 5) is 25.9. The highest BCUT2D eigenvalue weighted by molar-refractivity contribution is 7.93. The lowest BCUT2D eigenvalue weighted by molar-refractivity contribution is -0.135. The van der Waals surface area contributed by atoms with Crippen LogP contribution in [0.1, 0.15) is 10.4 Å². The van der Waals surface area contributed by atoms with Gasteiger partial charge in [-0.25, -0.2) is 26.1 Å². The summed E-state index contributed by atoms with van der Waals surface area (Å²) in [7, 11) is -9.94. The predicted octanol–water partition coefficient (Wildman–Crippen LogP) is 5.67. The first-order valence-corrected chi connectivity index (χ1v) is 15.7. The molecule has 0 aliphatic carbocycles. The minimum Gasteiger partial charge on any atom is -0.480 e. The van der Waals surface area contributed by atoms with Gasteiger partial charge in [0.05, 0.1) is 21.7 Å². The fraction of sp³-hybridized carbons (Fsp3) is 0.148. The molecule has 19 heteroatoms. The standard InChI is InChI=1S/C27H18ClF6N3O7S2/c28-17-7-11-19(12-8-17)46(43,44)37(15-26(29,30)31)22-13-35-25(21-4-2-1-3-20(21)22)36(14-23(38)39)45(41,42)18-9-5-16(6-10-18)24(40)27(32,33)34/h1-13H,14-15H2,(H,38,39). The molecule has 1 aromatic heterocycles. The number of benzene rings is 3. The molecule has 1 N–H and O–H groups in total. The number of aromatic nitrogens is 1. The second kappa shape index (κ2) is 12.4. The molecule has 0 bridgehead atoms. The first-order valence-electron chi connectivity index (χ1n) is 12.4. The lowest BCUT2D eigenvalue weighted by atomic mass is 10.1. The number of Topliss-reactive ketones (excluding diaryl/α,β-unsaturated/α-hetero) is 1. The second-order valence-corrected chi connectivity index (χ2v) is 13.5. The number of pyridine rings is 1. The third-order valence-corrected chi connectivity index (χ3v) is 10.00. The van der Waals surface area contributed by atoms with Crippen molar-refractivity contribution in [3.05, 3.63) is 89.6 Å². The van der Waals surface area contributed by atoms with Crippen molar-refractivity contribution < 1.29 is 57.9 Å². The van der Waals surface area contributed by atoms with Crippen molar-refractivity contribution in [2.75, 3.05) is 21.7 Å². The molecule has 0 fully saturated rings. The van der Waals surface area contributed by atoms with E-state index in [1.807, 2.05) is 0 Å². The smallest absolute Gasteiger partial charge is 0.454 e. The summed E-state index contributed by atoms with van der Waals surface area (Å²) < 4.78 is 134. The van der Waals surface area contributed by atoms with Crippen LogP contribution in [0.15, 0.2) is 88.8 Å². The van der Waals surface area contributed by atoms with Crippen LogP contribution in [0.3, 0.4) is 0 Å². The summed E-state index contributed by atoms with van der Waals surface area (Å²) in [6.07, 6.45) is -9.73. The molecule has 244 valence electrons. The second-order valence-electron chi connectivity index (χ2n) is 9.35. The first kappa shape index (κ1) is 34.5. The van der Waals surface area contributed by atoms with Crippen molar-refractivity contribution >= 4 is 65.7 Å². The van der Waals surface area contributed by atoms with Crippen LogP contribution >= 0.6 is 11.6 Å². The minimum absolute atomic E-state index is 0.00176. The monoisotopic (exact) mass is 709 g/mol. The SMILES string of the molecule is O=C(O)CN(c1ncc(N(CC(F)(F)F)S(=O)(=O)c2ccc(Cl)cc2)c2ccccc12)S(=O)(=O)c1ccc(C(=O)C(F)(F)F)cc1. The summed E-state index contributed by atoms with van der Waals surface area (Å²) in [5.74, 6) is -4.65. The number of carbonyl (C=O) groups excluding carboxylic acids is 1. The number of fused-ring (bicyclic) bond motifs is 1. The summed E-state index contributed by atoms with van der Waals surface area (Å²) in [6, 6.07) is 11.5. The Morgan fingerprint density at radius 1 is 0.761 bits per heavy atom. The Hall–Kier alpha value is -4.42. The Morgan fingerprint density at radius 3 is 1.76 bits per heavy atom. The zero-order valence-corrected chi connectivity index (χ0v) is 25.0. The van der Waals surface area contributed by atoms with Crippen LogP contribution in [0.2, 0.25) is 5.02 Å². The third kappa shape index (κ3) is 7.18. The molecule has 0 saturated heterocycles. The maximum atomic E-state index is 13.8. The van der Waals surface area contributed by atoms with Crippen LogP contribution in [-0.4, -0.2) is 64.1 Å². The minimum atomic E-state index is -5.26. The van der Waals surface area contributed by atoms with Gasteiger partial charge < -0.3 is 5.11 Å². The van der Waals surface area contributed by atoms with Crippen molar-refractivity contribution in [1.82, 2.24) is 4.98 Å². The molecular weight excluding hydrogens is 692 g/mol. The highest BCUT2D eigenvalue weighted by Crippen LogP contribution is 2.38. The fourth-order valence-electron chi connectivity index (χ4n) is 4.22. The summed E-state index contributed by atoms with van der Waals surface area (Å²) in [5, 5.41) is 9.04. The van der Waals surface area contributed by atoms with Gasteiger partial charge in [-0.15, -0.1) is 0 Å². The van der Waals surface area contributed by atoms with Gasteiger partial charge in [0, 0.05) is 21.4 Å². The Bertz CT molecular complexity index is 2020. The number of hydrogen-bond donors (Lipinski definition) is 1. The van der Waals surface area contributed by atoms with E-state index in [1.54, 1.807) is 0 Å². The number of rotatable bonds is 10. The number of nitrogens with zero attached hydrogens (tertiary/aromatic N) is 3. The summed E-state index contributed by atoms with van der Waals surface area (Å²) in [5.41, 5.74) is -1.55. The van der Waals surface area contributed by atoms with Crippen LogP contribution in [0, 0.1) is 0 Å². The molecule has 0 spiro atoms. The summed E-state index contributed by atoms with van der Waals surface area (Å²) >= 11 is 5.79. The van der Waals surface area contributed by atoms with E-state index in [4.69, 9.17) is 11.6 Å². The topological polar surface area (TPSA) is 142 Å². The van der Waals surface area contributed by atoms with E-state index in [-0.39, 0.29) is 24.4 Å². The lowest BCUT2D eigenvalue weighted by Crippen LogP contribution is -2.39. The van der Waals surface area contributed by atoms with E-state index >= 15 is 0 Å². The highest BCUT2D eigenvalue weighted by atomic mass is 35.5. The van der Waals surface area contributed by atoms with Crippen molar-refractivity contribution in [3.8, 4) is 0 Å². The van der Waals surface area contributed by atoms with Gasteiger partial charge in [0.2, 0.25) is 0 Å². The Kier molecular flexibility index (Phi) is 9.29. The number of aliphatic carboxylic acids is 1. The van der Waals surface area contributed by atoms with Crippen molar-refractivity contribution in [2.45, 2.75) is 22.1 Å². The van der Waals surface area contributed by atoms with E-state index in [0.29, 0.717) is 30.5 Å². The van der Waals surface area contributed by atoms with E-state index in [1.165, 1.54) is 12.1 Å². The average Bonchev–Trinajstić information content (AvgIpc) is 2.97. The number of ketones is 1. The molecule has 46 heavy (non-hydrogen) atoms. The normalized spacial score (nSPS) is 12.6. The molecule has 0 amide bonds. The largest absolute Gasteiger partial charge is 0.480 e. The lowest BCUT2D eigenvalue weighted by Gasteiger charge is -2.28. The van der Waals surface area contributed by atoms with E-state index < -0.39 is 84.1 Å². The van der Waals surface area contributed by atoms with Gasteiger partial charge in [0.1, 0.15) is 13.1 Å². The van der Waals surface area contributed by atoms with Crippen LogP contribution in [0.4, 0.5) is 37.8 Å². The zero-order chi connectivity index (χ0) is 34.2. The number of hydrogen-bond acceptors (Lipinski definition) is 7. The molecular formula is C27H18ClF6N3O7S2. The molecule has 0 aliphatic heterocycles. The number of carbonyl (C=O) groups is 2. The van der Waals surface area contributed by atoms with Gasteiger partial charge in [0.15, 0.2) is 5.82 Å². The average molecular weight is 710 g/mol. The van der Waals surface area contributed by atoms with Gasteiger partial charge in [-0.05, 0) is 48.5 Å². The predicted molar refractivity (Wildman–Crippen MR) is 153 cm³/mol. The molecule has 0 aliphatic rings. The number of carboxylic acids is 1. The molecule has 4 aromatic rings.